The van der Waals surface area contributed by atoms with E-state index in [2.05, 4.69) is 15.6 Å². The number of carbonyl (C=O) groups excluding carboxylic acids is 1. The summed E-state index contributed by atoms with van der Waals surface area (Å²) in [5, 5.41) is 11.0. The summed E-state index contributed by atoms with van der Waals surface area (Å²) >= 11 is 0. The number of aryl methyl sites for hydroxylation is 1. The zero-order chi connectivity index (χ0) is 16.7. The number of hydrogen-bond donors (Lipinski definition) is 2. The molecule has 2 atom stereocenters. The molecular weight excluding hydrogens is 306 g/mol. The van der Waals surface area contributed by atoms with Crippen molar-refractivity contribution in [1.82, 2.24) is 20.3 Å². The smallest absolute Gasteiger partial charge is 0.290 e. The van der Waals surface area contributed by atoms with Crippen molar-refractivity contribution in [3.8, 4) is 11.3 Å². The SMILES string of the molecule is Cn1cc(-c2cc(C(=O)N[C@@H]3Cc4ccccc4[C@H]3N)on2)cn1. The van der Waals surface area contributed by atoms with Crippen LogP contribution in [0.5, 0.6) is 0 Å². The third-order valence-electron chi connectivity index (χ3n) is 4.34. The van der Waals surface area contributed by atoms with Gasteiger partial charge in [-0.2, -0.15) is 5.10 Å². The Morgan fingerprint density at radius 2 is 2.25 bits per heavy atom. The summed E-state index contributed by atoms with van der Waals surface area (Å²) in [6.45, 7) is 0. The fraction of sp³-hybridized carbons (Fsp3) is 0.235. The van der Waals surface area contributed by atoms with E-state index in [-0.39, 0.29) is 23.8 Å². The van der Waals surface area contributed by atoms with Gasteiger partial charge in [-0.1, -0.05) is 29.4 Å². The zero-order valence-electron chi connectivity index (χ0n) is 13.1. The maximum atomic E-state index is 12.4. The van der Waals surface area contributed by atoms with Gasteiger partial charge in [-0.15, -0.1) is 0 Å². The van der Waals surface area contributed by atoms with Gasteiger partial charge in [-0.05, 0) is 17.5 Å². The molecule has 1 aliphatic rings. The van der Waals surface area contributed by atoms with Crippen LogP contribution in [0.15, 0.2) is 47.2 Å². The first-order valence-corrected chi connectivity index (χ1v) is 7.72. The molecule has 0 saturated heterocycles. The Hall–Kier alpha value is -2.93. The number of nitrogens with one attached hydrogen (secondary N) is 1. The summed E-state index contributed by atoms with van der Waals surface area (Å²) in [5.74, 6) is -0.150. The molecule has 2 heterocycles. The van der Waals surface area contributed by atoms with Crippen LogP contribution in [0.3, 0.4) is 0 Å². The highest BCUT2D eigenvalue weighted by Gasteiger charge is 2.31. The Balaban J connectivity index is 1.49. The molecule has 0 fully saturated rings. The number of hydrogen-bond acceptors (Lipinski definition) is 5. The number of fused-ring (bicyclic) bond motifs is 1. The van der Waals surface area contributed by atoms with Crippen molar-refractivity contribution in [3.63, 3.8) is 0 Å². The second kappa shape index (κ2) is 5.61. The highest BCUT2D eigenvalue weighted by atomic mass is 16.5. The van der Waals surface area contributed by atoms with Crippen LogP contribution in [0.4, 0.5) is 0 Å². The molecule has 0 radical (unpaired) electrons. The average molecular weight is 323 g/mol. The Kier molecular flexibility index (Phi) is 3.42. The molecule has 4 rings (SSSR count). The van der Waals surface area contributed by atoms with Gasteiger partial charge in [0.1, 0.15) is 5.69 Å². The predicted molar refractivity (Wildman–Crippen MR) is 87.0 cm³/mol. The summed E-state index contributed by atoms with van der Waals surface area (Å²) in [6.07, 6.45) is 4.19. The fourth-order valence-corrected chi connectivity index (χ4v) is 3.08. The summed E-state index contributed by atoms with van der Waals surface area (Å²) in [5.41, 5.74) is 9.87. The molecule has 0 saturated carbocycles. The zero-order valence-corrected chi connectivity index (χ0v) is 13.1. The van der Waals surface area contributed by atoms with Crippen LogP contribution in [0.25, 0.3) is 11.3 Å². The lowest BCUT2D eigenvalue weighted by molar-refractivity contribution is 0.0896. The maximum Gasteiger partial charge on any atom is 0.290 e. The largest absolute Gasteiger partial charge is 0.350 e. The van der Waals surface area contributed by atoms with Gasteiger partial charge in [0, 0.05) is 24.9 Å². The Morgan fingerprint density at radius 3 is 3.00 bits per heavy atom. The Morgan fingerprint density at radius 1 is 1.42 bits per heavy atom. The molecule has 0 bridgehead atoms. The molecule has 2 aromatic heterocycles. The maximum absolute atomic E-state index is 12.4. The minimum absolute atomic E-state index is 0.151. The lowest BCUT2D eigenvalue weighted by atomic mass is 10.1. The monoisotopic (exact) mass is 323 g/mol. The van der Waals surface area contributed by atoms with Crippen LogP contribution in [-0.2, 0) is 13.5 Å². The first-order chi connectivity index (χ1) is 11.6. The van der Waals surface area contributed by atoms with Crippen molar-refractivity contribution in [2.24, 2.45) is 12.8 Å². The third-order valence-corrected chi connectivity index (χ3v) is 4.34. The standard InChI is InChI=1S/C17H17N5O2/c1-22-9-11(8-19-22)13-7-15(24-21-13)17(23)20-14-6-10-4-2-3-5-12(10)16(14)18/h2-5,7-9,14,16H,6,18H2,1H3,(H,20,23)/t14-,16-/m1/s1. The second-order valence-electron chi connectivity index (χ2n) is 5.99. The first-order valence-electron chi connectivity index (χ1n) is 7.72. The van der Waals surface area contributed by atoms with Crippen LogP contribution in [-0.4, -0.2) is 26.9 Å². The van der Waals surface area contributed by atoms with Gasteiger partial charge < -0.3 is 15.6 Å². The van der Waals surface area contributed by atoms with Crippen LogP contribution in [0, 0.1) is 0 Å². The number of carbonyl (C=O) groups is 1. The minimum Gasteiger partial charge on any atom is -0.350 e. The van der Waals surface area contributed by atoms with Crippen LogP contribution in [0.1, 0.15) is 27.7 Å². The third kappa shape index (κ3) is 2.48. The number of amides is 1. The van der Waals surface area contributed by atoms with Gasteiger partial charge in [-0.25, -0.2) is 0 Å². The van der Waals surface area contributed by atoms with Crippen molar-refractivity contribution in [2.75, 3.05) is 0 Å². The average Bonchev–Trinajstić information content (AvgIpc) is 3.28. The van der Waals surface area contributed by atoms with E-state index >= 15 is 0 Å². The molecule has 1 aromatic carbocycles. The van der Waals surface area contributed by atoms with Gasteiger partial charge >= 0.3 is 0 Å². The molecule has 1 aliphatic carbocycles. The molecular formula is C17H17N5O2. The number of nitrogens with two attached hydrogens (primary N) is 1. The molecule has 0 unspecified atom stereocenters. The molecule has 0 aliphatic heterocycles. The highest BCUT2D eigenvalue weighted by molar-refractivity contribution is 5.92. The summed E-state index contributed by atoms with van der Waals surface area (Å²) in [7, 11) is 1.82. The summed E-state index contributed by atoms with van der Waals surface area (Å²) < 4.78 is 6.84. The normalized spacial score (nSPS) is 19.2. The lowest BCUT2D eigenvalue weighted by Crippen LogP contribution is -2.40. The quantitative estimate of drug-likeness (QED) is 0.759. The molecule has 7 heteroatoms. The molecule has 7 nitrogen and oxygen atoms in total. The van der Waals surface area contributed by atoms with Crippen LogP contribution < -0.4 is 11.1 Å². The molecule has 0 spiro atoms. The summed E-state index contributed by atoms with van der Waals surface area (Å²) in [4.78, 5) is 12.4. The van der Waals surface area contributed by atoms with Crippen molar-refractivity contribution in [3.05, 3.63) is 59.6 Å². The molecule has 122 valence electrons. The van der Waals surface area contributed by atoms with Gasteiger partial charge in [0.05, 0.1) is 18.3 Å². The van der Waals surface area contributed by atoms with Crippen molar-refractivity contribution in [2.45, 2.75) is 18.5 Å². The second-order valence-corrected chi connectivity index (χ2v) is 5.99. The van der Waals surface area contributed by atoms with Gasteiger partial charge in [0.15, 0.2) is 0 Å². The van der Waals surface area contributed by atoms with Crippen LogP contribution in [0.2, 0.25) is 0 Å². The van der Waals surface area contributed by atoms with E-state index < -0.39 is 0 Å². The topological polar surface area (TPSA) is 99.0 Å². The van der Waals surface area contributed by atoms with Gasteiger partial charge in [0.25, 0.3) is 5.91 Å². The first kappa shape index (κ1) is 14.6. The van der Waals surface area contributed by atoms with Gasteiger partial charge in [-0.3, -0.25) is 9.48 Å². The van der Waals surface area contributed by atoms with E-state index in [9.17, 15) is 4.79 Å². The number of rotatable bonds is 3. The van der Waals surface area contributed by atoms with E-state index in [4.69, 9.17) is 10.3 Å². The van der Waals surface area contributed by atoms with Crippen molar-refractivity contribution < 1.29 is 9.32 Å². The van der Waals surface area contributed by atoms with E-state index in [1.165, 1.54) is 5.56 Å². The number of nitrogens with zero attached hydrogens (tertiary/aromatic N) is 3. The molecule has 3 aromatic rings. The van der Waals surface area contributed by atoms with E-state index in [1.807, 2.05) is 37.5 Å². The molecule has 24 heavy (non-hydrogen) atoms. The lowest BCUT2D eigenvalue weighted by Gasteiger charge is -2.16. The fourth-order valence-electron chi connectivity index (χ4n) is 3.08. The summed E-state index contributed by atoms with van der Waals surface area (Å²) in [6, 6.07) is 9.22. The van der Waals surface area contributed by atoms with E-state index in [0.29, 0.717) is 12.1 Å². The molecule has 1 amide bonds. The molecule has 3 N–H and O–H groups in total. The predicted octanol–water partition coefficient (Wildman–Crippen LogP) is 1.43. The van der Waals surface area contributed by atoms with E-state index in [0.717, 1.165) is 11.1 Å². The highest BCUT2D eigenvalue weighted by Crippen LogP contribution is 2.29. The number of benzene rings is 1. The van der Waals surface area contributed by atoms with Crippen LogP contribution >= 0.6 is 0 Å². The minimum atomic E-state index is -0.314. The van der Waals surface area contributed by atoms with Crippen molar-refractivity contribution in [1.29, 1.82) is 0 Å². The van der Waals surface area contributed by atoms with Crippen molar-refractivity contribution >= 4 is 5.91 Å². The number of aromatic nitrogens is 3. The van der Waals surface area contributed by atoms with Gasteiger partial charge in [0.2, 0.25) is 5.76 Å². The van der Waals surface area contributed by atoms with E-state index in [1.54, 1.807) is 16.9 Å². The Labute approximate surface area is 138 Å². The Bertz CT molecular complexity index is 898.